The summed E-state index contributed by atoms with van der Waals surface area (Å²) in [5, 5.41) is 2.86. The van der Waals surface area contributed by atoms with E-state index in [1.807, 2.05) is 60.7 Å². The smallest absolute Gasteiger partial charge is 0.279 e. The molecule has 5 rings (SSSR count). The van der Waals surface area contributed by atoms with Gasteiger partial charge in [0.2, 0.25) is 0 Å². The highest BCUT2D eigenvalue weighted by atomic mass is 32.2. The van der Waals surface area contributed by atoms with Crippen LogP contribution < -0.4 is 10.8 Å². The number of aryl methyl sites for hydroxylation is 1. The molecule has 0 saturated heterocycles. The van der Waals surface area contributed by atoms with Crippen LogP contribution in [0.2, 0.25) is 0 Å². The standard InChI is InChI=1S/C32H29FN2O5S/c1-39-35-32(36)30-26-19-25(22-11-7-4-8-12-22)27(20-28(26)40-31(30)23-14-16-24(33)17-15-23)34-29(41(2,37)38)18-13-21-9-5-3-6-10-21/h3-12,14-17,19-20,29,34H,13,18H2,1-2H3,(H,35,36). The van der Waals surface area contributed by atoms with Crippen molar-refractivity contribution < 1.29 is 26.9 Å². The number of anilines is 1. The van der Waals surface area contributed by atoms with Crippen LogP contribution >= 0.6 is 0 Å². The molecule has 0 aliphatic heterocycles. The van der Waals surface area contributed by atoms with Crippen LogP contribution in [0, 0.1) is 5.82 Å². The van der Waals surface area contributed by atoms with Gasteiger partial charge in [-0.25, -0.2) is 18.3 Å². The van der Waals surface area contributed by atoms with Gasteiger partial charge in [0.1, 0.15) is 22.5 Å². The summed E-state index contributed by atoms with van der Waals surface area (Å²) >= 11 is 0. The Hall–Kier alpha value is -4.47. The maximum absolute atomic E-state index is 13.7. The summed E-state index contributed by atoms with van der Waals surface area (Å²) in [5.74, 6) is -0.732. The summed E-state index contributed by atoms with van der Waals surface area (Å²) in [7, 11) is -2.18. The largest absolute Gasteiger partial charge is 0.455 e. The first-order chi connectivity index (χ1) is 19.7. The van der Waals surface area contributed by atoms with Crippen LogP contribution in [0.5, 0.6) is 0 Å². The Balaban J connectivity index is 1.66. The minimum absolute atomic E-state index is 0.209. The van der Waals surface area contributed by atoms with Crippen LogP contribution in [0.3, 0.4) is 0 Å². The number of hydrogen-bond acceptors (Lipinski definition) is 6. The highest BCUT2D eigenvalue weighted by molar-refractivity contribution is 7.91. The van der Waals surface area contributed by atoms with E-state index < -0.39 is 26.9 Å². The lowest BCUT2D eigenvalue weighted by molar-refractivity contribution is 0.0539. The monoisotopic (exact) mass is 572 g/mol. The molecule has 0 spiro atoms. The fourth-order valence-corrected chi connectivity index (χ4v) is 5.69. The van der Waals surface area contributed by atoms with E-state index >= 15 is 0 Å². The minimum atomic E-state index is -3.51. The van der Waals surface area contributed by atoms with Gasteiger partial charge in [0.15, 0.2) is 9.84 Å². The van der Waals surface area contributed by atoms with Gasteiger partial charge in [0.25, 0.3) is 5.91 Å². The van der Waals surface area contributed by atoms with E-state index in [2.05, 4.69) is 10.8 Å². The second-order valence-corrected chi connectivity index (χ2v) is 11.9. The van der Waals surface area contributed by atoms with Crippen molar-refractivity contribution in [2.75, 3.05) is 18.7 Å². The number of halogens is 1. The Morgan fingerprint density at radius 2 is 1.59 bits per heavy atom. The van der Waals surface area contributed by atoms with Gasteiger partial charge in [-0.3, -0.25) is 9.63 Å². The summed E-state index contributed by atoms with van der Waals surface area (Å²) < 4.78 is 45.7. The fraction of sp³-hybridized carbons (Fsp3) is 0.156. The zero-order valence-corrected chi connectivity index (χ0v) is 23.4. The number of carbonyl (C=O) groups excluding carboxylic acids is 1. The molecule has 0 fully saturated rings. The number of fused-ring (bicyclic) bond motifs is 1. The molecule has 0 bridgehead atoms. The lowest BCUT2D eigenvalue weighted by atomic mass is 9.98. The third-order valence-electron chi connectivity index (χ3n) is 6.81. The van der Waals surface area contributed by atoms with E-state index in [9.17, 15) is 17.6 Å². The van der Waals surface area contributed by atoms with Gasteiger partial charge < -0.3 is 9.73 Å². The highest BCUT2D eigenvalue weighted by Crippen LogP contribution is 2.40. The maximum atomic E-state index is 13.7. The van der Waals surface area contributed by atoms with Crippen molar-refractivity contribution in [3.63, 3.8) is 0 Å². The first kappa shape index (κ1) is 28.1. The van der Waals surface area contributed by atoms with Gasteiger partial charge in [-0.2, -0.15) is 0 Å². The lowest BCUT2D eigenvalue weighted by Crippen LogP contribution is -2.29. The van der Waals surface area contributed by atoms with Gasteiger partial charge in [-0.05, 0) is 54.3 Å². The Labute approximate surface area is 237 Å². The summed E-state index contributed by atoms with van der Waals surface area (Å²) in [6.07, 6.45) is 2.12. The van der Waals surface area contributed by atoms with E-state index in [0.717, 1.165) is 11.1 Å². The average Bonchev–Trinajstić information content (AvgIpc) is 3.34. The molecule has 2 N–H and O–H groups in total. The van der Waals surface area contributed by atoms with Gasteiger partial charge in [-0.1, -0.05) is 60.7 Å². The van der Waals surface area contributed by atoms with Gasteiger partial charge in [0, 0.05) is 34.5 Å². The Morgan fingerprint density at radius 1 is 0.927 bits per heavy atom. The van der Waals surface area contributed by atoms with Crippen molar-refractivity contribution in [1.82, 2.24) is 5.48 Å². The molecular weight excluding hydrogens is 543 g/mol. The van der Waals surface area contributed by atoms with Crippen molar-refractivity contribution in [3.05, 3.63) is 114 Å². The number of rotatable bonds is 10. The molecule has 1 atom stereocenters. The van der Waals surface area contributed by atoms with E-state index in [1.165, 1.54) is 37.6 Å². The molecule has 0 aliphatic rings. The van der Waals surface area contributed by atoms with Crippen molar-refractivity contribution in [2.45, 2.75) is 18.2 Å². The van der Waals surface area contributed by atoms with Crippen LogP contribution in [0.25, 0.3) is 33.4 Å². The molecule has 5 aromatic rings. The van der Waals surface area contributed by atoms with E-state index in [4.69, 9.17) is 9.25 Å². The molecule has 0 aliphatic carbocycles. The van der Waals surface area contributed by atoms with Gasteiger partial charge in [-0.15, -0.1) is 0 Å². The van der Waals surface area contributed by atoms with Crippen LogP contribution in [0.1, 0.15) is 22.3 Å². The molecular formula is C32H29FN2O5S. The number of benzene rings is 4. The fourth-order valence-electron chi connectivity index (χ4n) is 4.80. The molecule has 1 heterocycles. The van der Waals surface area contributed by atoms with Gasteiger partial charge in [0.05, 0.1) is 12.7 Å². The van der Waals surface area contributed by atoms with Crippen LogP contribution in [0.15, 0.2) is 101 Å². The lowest BCUT2D eigenvalue weighted by Gasteiger charge is -2.21. The zero-order chi connectivity index (χ0) is 29.0. The number of amides is 1. The van der Waals surface area contributed by atoms with Crippen molar-refractivity contribution in [2.24, 2.45) is 0 Å². The molecule has 1 aromatic heterocycles. The van der Waals surface area contributed by atoms with Crippen molar-refractivity contribution in [3.8, 4) is 22.5 Å². The van der Waals surface area contributed by atoms with Crippen LogP contribution in [-0.2, 0) is 21.1 Å². The normalized spacial score (nSPS) is 12.3. The first-order valence-electron chi connectivity index (χ1n) is 13.0. The third-order valence-corrected chi connectivity index (χ3v) is 8.20. The Bertz CT molecular complexity index is 1770. The molecule has 0 radical (unpaired) electrons. The molecule has 1 unspecified atom stereocenters. The van der Waals surface area contributed by atoms with Crippen LogP contribution in [-0.4, -0.2) is 33.1 Å². The number of hydrogen-bond donors (Lipinski definition) is 2. The molecule has 4 aromatic carbocycles. The zero-order valence-electron chi connectivity index (χ0n) is 22.6. The summed E-state index contributed by atoms with van der Waals surface area (Å²) in [4.78, 5) is 18.1. The summed E-state index contributed by atoms with van der Waals surface area (Å²) in [6.45, 7) is 0. The topological polar surface area (TPSA) is 97.6 Å². The Morgan fingerprint density at radius 3 is 2.22 bits per heavy atom. The number of hydroxylamine groups is 1. The molecule has 0 saturated carbocycles. The first-order valence-corrected chi connectivity index (χ1v) is 14.9. The Kier molecular flexibility index (Phi) is 8.19. The quantitative estimate of drug-likeness (QED) is 0.183. The molecule has 210 valence electrons. The van der Waals surface area contributed by atoms with Gasteiger partial charge >= 0.3 is 0 Å². The average molecular weight is 573 g/mol. The second-order valence-electron chi connectivity index (χ2n) is 9.70. The van der Waals surface area contributed by atoms with E-state index in [0.29, 0.717) is 40.6 Å². The molecule has 7 nitrogen and oxygen atoms in total. The highest BCUT2D eigenvalue weighted by Gasteiger charge is 2.26. The minimum Gasteiger partial charge on any atom is -0.455 e. The number of carbonyl (C=O) groups is 1. The molecule has 41 heavy (non-hydrogen) atoms. The SMILES string of the molecule is CONC(=O)c1c(-c2ccc(F)cc2)oc2cc(NC(CCc3ccccc3)S(C)(=O)=O)c(-c3ccccc3)cc12. The predicted octanol–water partition coefficient (Wildman–Crippen LogP) is 6.61. The molecule has 1 amide bonds. The van der Waals surface area contributed by atoms with Crippen molar-refractivity contribution >= 4 is 32.4 Å². The van der Waals surface area contributed by atoms with Crippen LogP contribution in [0.4, 0.5) is 10.1 Å². The summed E-state index contributed by atoms with van der Waals surface area (Å²) in [5.41, 5.74) is 6.47. The molecule has 9 heteroatoms. The number of nitrogens with one attached hydrogen (secondary N) is 2. The van der Waals surface area contributed by atoms with Crippen molar-refractivity contribution in [1.29, 1.82) is 0 Å². The van der Waals surface area contributed by atoms with E-state index in [1.54, 1.807) is 12.1 Å². The number of furan rings is 1. The second kappa shape index (κ2) is 12.0. The third kappa shape index (κ3) is 6.32. The summed E-state index contributed by atoms with van der Waals surface area (Å²) in [6, 6.07) is 28.3. The maximum Gasteiger partial charge on any atom is 0.279 e. The van der Waals surface area contributed by atoms with E-state index in [-0.39, 0.29) is 11.3 Å². The predicted molar refractivity (Wildman–Crippen MR) is 159 cm³/mol. The number of sulfone groups is 1.